The molecule has 0 aliphatic rings. The van der Waals surface area contributed by atoms with Crippen LogP contribution in [0.4, 0.5) is 5.69 Å². The number of nitrogens with one attached hydrogen (secondary N) is 1. The van der Waals surface area contributed by atoms with Crippen molar-refractivity contribution in [3.63, 3.8) is 0 Å². The van der Waals surface area contributed by atoms with Gasteiger partial charge >= 0.3 is 0 Å². The minimum atomic E-state index is 0.0694. The van der Waals surface area contributed by atoms with Gasteiger partial charge in [-0.15, -0.1) is 10.2 Å². The number of benzene rings is 1. The number of aromatic nitrogens is 4. The Labute approximate surface area is 132 Å². The van der Waals surface area contributed by atoms with Crippen LogP contribution in [-0.4, -0.2) is 25.7 Å². The molecule has 6 nitrogen and oxygen atoms in total. The van der Waals surface area contributed by atoms with Crippen LogP contribution in [0.1, 0.15) is 32.6 Å². The highest BCUT2D eigenvalue weighted by atomic mass is 32.1. The highest BCUT2D eigenvalue weighted by Crippen LogP contribution is 2.25. The summed E-state index contributed by atoms with van der Waals surface area (Å²) in [6, 6.07) is 7.70. The molecule has 3 rings (SSSR count). The average Bonchev–Trinajstić information content (AvgIpc) is 3.09. The van der Waals surface area contributed by atoms with Gasteiger partial charge in [0.15, 0.2) is 0 Å². The highest BCUT2D eigenvalue weighted by molar-refractivity contribution is 7.19. The Hall–Kier alpha value is -2.28. The van der Waals surface area contributed by atoms with E-state index in [-0.39, 0.29) is 5.91 Å². The molecule has 0 saturated heterocycles. The second-order valence-electron chi connectivity index (χ2n) is 5.05. The zero-order valence-electron chi connectivity index (χ0n) is 12.3. The largest absolute Gasteiger partial charge is 0.326 e. The predicted molar refractivity (Wildman–Crippen MR) is 86.9 cm³/mol. The molecule has 0 radical (unpaired) electrons. The average molecular weight is 315 g/mol. The molecular formula is C15H17N5OS. The summed E-state index contributed by atoms with van der Waals surface area (Å²) in [5.74, 6) is 0.0694. The molecule has 0 saturated carbocycles. The zero-order valence-corrected chi connectivity index (χ0v) is 13.1. The van der Waals surface area contributed by atoms with Crippen LogP contribution in [0, 0.1) is 0 Å². The summed E-state index contributed by atoms with van der Waals surface area (Å²) in [4.78, 5) is 12.6. The molecule has 1 amide bonds. The maximum absolute atomic E-state index is 11.8. The summed E-state index contributed by atoms with van der Waals surface area (Å²) in [7, 11) is 0. The molecule has 2 aromatic heterocycles. The maximum Gasteiger partial charge on any atom is 0.234 e. The Morgan fingerprint density at radius 2 is 2.09 bits per heavy atom. The summed E-state index contributed by atoms with van der Waals surface area (Å²) in [6.07, 6.45) is 5.31. The van der Waals surface area contributed by atoms with Crippen molar-refractivity contribution < 1.29 is 4.79 Å². The number of hydrogen-bond donors (Lipinski definition) is 1. The number of fused-ring (bicyclic) bond motifs is 1. The van der Waals surface area contributed by atoms with Crippen molar-refractivity contribution in [2.45, 2.75) is 32.6 Å². The number of anilines is 1. The topological polar surface area (TPSA) is 72.2 Å². The van der Waals surface area contributed by atoms with Gasteiger partial charge in [-0.3, -0.25) is 4.79 Å². The fraction of sp³-hybridized carbons (Fsp3) is 0.333. The quantitative estimate of drug-likeness (QED) is 0.708. The van der Waals surface area contributed by atoms with Crippen molar-refractivity contribution in [1.29, 1.82) is 0 Å². The van der Waals surface area contributed by atoms with E-state index < -0.39 is 0 Å². The Kier molecular flexibility index (Phi) is 4.43. The van der Waals surface area contributed by atoms with Crippen LogP contribution < -0.4 is 5.32 Å². The van der Waals surface area contributed by atoms with Crippen LogP contribution >= 0.6 is 11.3 Å². The van der Waals surface area contributed by atoms with Gasteiger partial charge in [0.25, 0.3) is 0 Å². The van der Waals surface area contributed by atoms with E-state index in [1.54, 1.807) is 10.8 Å². The van der Waals surface area contributed by atoms with Crippen molar-refractivity contribution in [2.24, 2.45) is 0 Å². The first-order valence-corrected chi connectivity index (χ1v) is 8.15. The fourth-order valence-electron chi connectivity index (χ4n) is 2.13. The summed E-state index contributed by atoms with van der Waals surface area (Å²) >= 11 is 1.48. The molecule has 0 bridgehead atoms. The fourth-order valence-corrected chi connectivity index (χ4v) is 2.96. The van der Waals surface area contributed by atoms with Crippen molar-refractivity contribution >= 4 is 27.9 Å². The lowest BCUT2D eigenvalue weighted by Crippen LogP contribution is -2.10. The van der Waals surface area contributed by atoms with Gasteiger partial charge in [-0.2, -0.15) is 9.61 Å². The van der Waals surface area contributed by atoms with E-state index in [0.29, 0.717) is 6.42 Å². The van der Waals surface area contributed by atoms with Gasteiger partial charge < -0.3 is 5.32 Å². The Morgan fingerprint density at radius 1 is 1.27 bits per heavy atom. The molecule has 3 aromatic rings. The first-order chi connectivity index (χ1) is 10.8. The van der Waals surface area contributed by atoms with Crippen LogP contribution in [0.25, 0.3) is 15.5 Å². The second-order valence-corrected chi connectivity index (χ2v) is 6.00. The third kappa shape index (κ3) is 3.30. The molecule has 0 fully saturated rings. The van der Waals surface area contributed by atoms with E-state index in [1.807, 2.05) is 24.3 Å². The summed E-state index contributed by atoms with van der Waals surface area (Å²) in [6.45, 7) is 2.13. The normalized spacial score (nSPS) is 11.0. The number of amides is 1. The molecule has 1 N–H and O–H groups in total. The van der Waals surface area contributed by atoms with Gasteiger partial charge in [0.05, 0.1) is 0 Å². The smallest absolute Gasteiger partial charge is 0.234 e. The summed E-state index contributed by atoms with van der Waals surface area (Å²) in [5, 5.41) is 16.0. The van der Waals surface area contributed by atoms with E-state index in [2.05, 4.69) is 27.5 Å². The molecule has 0 atom stereocenters. The van der Waals surface area contributed by atoms with E-state index >= 15 is 0 Å². The third-order valence-electron chi connectivity index (χ3n) is 3.31. The minimum Gasteiger partial charge on any atom is -0.326 e. The van der Waals surface area contributed by atoms with Crippen molar-refractivity contribution in [2.75, 3.05) is 5.32 Å². The minimum absolute atomic E-state index is 0.0694. The van der Waals surface area contributed by atoms with Crippen molar-refractivity contribution in [1.82, 2.24) is 19.8 Å². The van der Waals surface area contributed by atoms with Crippen molar-refractivity contribution in [3.05, 3.63) is 30.6 Å². The first-order valence-electron chi connectivity index (χ1n) is 7.33. The van der Waals surface area contributed by atoms with Gasteiger partial charge in [0.1, 0.15) is 11.3 Å². The van der Waals surface area contributed by atoms with Gasteiger partial charge in [-0.1, -0.05) is 31.1 Å². The molecule has 0 aliphatic heterocycles. The Bertz CT molecular complexity index is 733. The Balaban J connectivity index is 1.65. The van der Waals surface area contributed by atoms with Crippen LogP contribution in [0.3, 0.4) is 0 Å². The number of nitrogens with zero attached hydrogens (tertiary/aromatic N) is 4. The van der Waals surface area contributed by atoms with Gasteiger partial charge in [0.2, 0.25) is 10.9 Å². The maximum atomic E-state index is 11.8. The van der Waals surface area contributed by atoms with E-state index in [1.165, 1.54) is 11.3 Å². The number of rotatable bonds is 6. The van der Waals surface area contributed by atoms with Gasteiger partial charge in [-0.05, 0) is 30.7 Å². The number of carbonyl (C=O) groups is 1. The lowest BCUT2D eigenvalue weighted by molar-refractivity contribution is -0.116. The standard InChI is InChI=1S/C15H17N5OS/c1-2-3-4-5-13(21)17-12-8-6-11(7-9-12)14-19-20-10-16-18-15(20)22-14/h6-10H,2-5H2,1H3,(H,17,21). The molecule has 1 aromatic carbocycles. The molecule has 114 valence electrons. The Morgan fingerprint density at radius 3 is 2.82 bits per heavy atom. The molecule has 0 spiro atoms. The number of carbonyl (C=O) groups excluding carboxylic acids is 1. The lowest BCUT2D eigenvalue weighted by atomic mass is 10.2. The number of unbranched alkanes of at least 4 members (excludes halogenated alkanes) is 2. The highest BCUT2D eigenvalue weighted by Gasteiger charge is 2.08. The van der Waals surface area contributed by atoms with Gasteiger partial charge in [0, 0.05) is 17.7 Å². The predicted octanol–water partition coefficient (Wildman–Crippen LogP) is 3.37. The lowest BCUT2D eigenvalue weighted by Gasteiger charge is -2.05. The molecule has 2 heterocycles. The molecule has 7 heteroatoms. The van der Waals surface area contributed by atoms with E-state index in [4.69, 9.17) is 0 Å². The SMILES string of the molecule is CCCCCC(=O)Nc1ccc(-c2nn3cnnc3s2)cc1. The molecule has 0 unspecified atom stereocenters. The van der Waals surface area contributed by atoms with E-state index in [9.17, 15) is 4.79 Å². The van der Waals surface area contributed by atoms with Crippen LogP contribution in [-0.2, 0) is 4.79 Å². The molecular weight excluding hydrogens is 298 g/mol. The van der Waals surface area contributed by atoms with Gasteiger partial charge in [-0.25, -0.2) is 0 Å². The second kappa shape index (κ2) is 6.65. The molecule has 0 aliphatic carbocycles. The third-order valence-corrected chi connectivity index (χ3v) is 4.27. The summed E-state index contributed by atoms with van der Waals surface area (Å²) in [5.41, 5.74) is 1.81. The monoisotopic (exact) mass is 315 g/mol. The molecule has 22 heavy (non-hydrogen) atoms. The number of hydrogen-bond acceptors (Lipinski definition) is 5. The van der Waals surface area contributed by atoms with E-state index in [0.717, 1.165) is 40.5 Å². The van der Waals surface area contributed by atoms with Crippen LogP contribution in [0.2, 0.25) is 0 Å². The van der Waals surface area contributed by atoms with Crippen molar-refractivity contribution in [3.8, 4) is 10.6 Å². The zero-order chi connectivity index (χ0) is 15.4. The van der Waals surface area contributed by atoms with Crippen LogP contribution in [0.5, 0.6) is 0 Å². The summed E-state index contributed by atoms with van der Waals surface area (Å²) < 4.78 is 1.66. The van der Waals surface area contributed by atoms with Crippen LogP contribution in [0.15, 0.2) is 30.6 Å². The first kappa shape index (κ1) is 14.6.